The Morgan fingerprint density at radius 3 is 2.48 bits per heavy atom. The lowest BCUT2D eigenvalue weighted by molar-refractivity contribution is 0.393. The first-order chi connectivity index (χ1) is 9.54. The molecule has 0 aromatic heterocycles. The molecule has 0 saturated carbocycles. The average Bonchev–Trinajstić information content (AvgIpc) is 2.74. The number of nitrogens with zero attached hydrogens (tertiary/aromatic N) is 1. The molecular formula is C12H17FN2O4S2. The van der Waals surface area contributed by atoms with Crippen molar-refractivity contribution in [3.8, 4) is 0 Å². The molecule has 0 radical (unpaired) electrons. The van der Waals surface area contributed by atoms with Crippen LogP contribution in [0.4, 0.5) is 10.1 Å². The molecule has 1 aromatic rings. The van der Waals surface area contributed by atoms with Crippen LogP contribution < -0.4 is 5.73 Å². The number of sulfone groups is 1. The number of anilines is 1. The van der Waals surface area contributed by atoms with E-state index in [0.717, 1.165) is 10.4 Å². The van der Waals surface area contributed by atoms with Crippen molar-refractivity contribution < 1.29 is 21.2 Å². The Morgan fingerprint density at radius 2 is 2.00 bits per heavy atom. The van der Waals surface area contributed by atoms with E-state index in [1.165, 1.54) is 20.0 Å². The van der Waals surface area contributed by atoms with Gasteiger partial charge in [0.05, 0.1) is 16.4 Å². The maximum Gasteiger partial charge on any atom is 0.243 e. The maximum absolute atomic E-state index is 13.7. The highest BCUT2D eigenvalue weighted by Gasteiger charge is 2.36. The number of halogens is 1. The lowest BCUT2D eigenvalue weighted by atomic mass is 10.2. The quantitative estimate of drug-likeness (QED) is 0.812. The van der Waals surface area contributed by atoms with Crippen LogP contribution in [-0.4, -0.2) is 45.7 Å². The molecule has 1 fully saturated rings. The van der Waals surface area contributed by atoms with Gasteiger partial charge in [-0.2, -0.15) is 4.31 Å². The highest BCUT2D eigenvalue weighted by Crippen LogP contribution is 2.26. The number of nitrogen functional groups attached to an aromatic ring is 1. The molecule has 1 unspecified atom stereocenters. The summed E-state index contributed by atoms with van der Waals surface area (Å²) in [6, 6.07) is 1.46. The molecule has 1 atom stereocenters. The zero-order chi connectivity index (χ0) is 16.0. The summed E-state index contributed by atoms with van der Waals surface area (Å²) >= 11 is 0. The van der Waals surface area contributed by atoms with Gasteiger partial charge < -0.3 is 5.73 Å². The molecular weight excluding hydrogens is 319 g/mol. The van der Waals surface area contributed by atoms with E-state index in [1.807, 2.05) is 0 Å². The summed E-state index contributed by atoms with van der Waals surface area (Å²) in [6.07, 6.45) is 0.238. The monoisotopic (exact) mass is 336 g/mol. The third-order valence-corrected chi connectivity index (χ3v) is 7.40. The van der Waals surface area contributed by atoms with E-state index < -0.39 is 31.7 Å². The average molecular weight is 336 g/mol. The van der Waals surface area contributed by atoms with Crippen LogP contribution in [0.1, 0.15) is 12.0 Å². The van der Waals surface area contributed by atoms with E-state index in [2.05, 4.69) is 0 Å². The highest BCUT2D eigenvalue weighted by molar-refractivity contribution is 7.92. The van der Waals surface area contributed by atoms with Crippen LogP contribution >= 0.6 is 0 Å². The van der Waals surface area contributed by atoms with Crippen LogP contribution in [0.15, 0.2) is 17.0 Å². The largest absolute Gasteiger partial charge is 0.398 e. The van der Waals surface area contributed by atoms with Crippen molar-refractivity contribution in [3.05, 3.63) is 23.5 Å². The summed E-state index contributed by atoms with van der Waals surface area (Å²) in [4.78, 5) is -0.269. The molecule has 1 saturated heterocycles. The fourth-order valence-electron chi connectivity index (χ4n) is 2.25. The van der Waals surface area contributed by atoms with Crippen LogP contribution in [-0.2, 0) is 19.9 Å². The van der Waals surface area contributed by atoms with Crippen molar-refractivity contribution in [2.45, 2.75) is 24.3 Å². The Labute approximate surface area is 123 Å². The number of nitrogens with two attached hydrogens (primary N) is 1. The first-order valence-electron chi connectivity index (χ1n) is 6.28. The molecule has 9 heteroatoms. The van der Waals surface area contributed by atoms with Crippen molar-refractivity contribution in [1.82, 2.24) is 4.31 Å². The first-order valence-corrected chi connectivity index (χ1v) is 9.55. The van der Waals surface area contributed by atoms with E-state index in [9.17, 15) is 21.2 Å². The molecule has 0 bridgehead atoms. The van der Waals surface area contributed by atoms with Crippen LogP contribution in [0, 0.1) is 12.7 Å². The number of rotatable bonds is 3. The summed E-state index contributed by atoms with van der Waals surface area (Å²) < 4.78 is 62.5. The maximum atomic E-state index is 13.7. The molecule has 2 N–H and O–H groups in total. The molecule has 1 aromatic carbocycles. The SMILES string of the molecule is Cc1c(N)cc(S(=O)(=O)N(C)C2CCS(=O)(=O)C2)cc1F. The molecule has 1 aliphatic heterocycles. The molecule has 0 spiro atoms. The number of hydrogen-bond donors (Lipinski definition) is 1. The molecule has 0 amide bonds. The zero-order valence-electron chi connectivity index (χ0n) is 11.7. The Balaban J connectivity index is 2.38. The van der Waals surface area contributed by atoms with Gasteiger partial charge in [0, 0.05) is 24.3 Å². The second kappa shape index (κ2) is 5.22. The van der Waals surface area contributed by atoms with Crippen molar-refractivity contribution in [2.75, 3.05) is 24.3 Å². The fraction of sp³-hybridized carbons (Fsp3) is 0.500. The lowest BCUT2D eigenvalue weighted by Gasteiger charge is -2.23. The van der Waals surface area contributed by atoms with Crippen molar-refractivity contribution in [1.29, 1.82) is 0 Å². The summed E-state index contributed by atoms with van der Waals surface area (Å²) in [5.74, 6) is -0.963. The Morgan fingerprint density at radius 1 is 1.38 bits per heavy atom. The smallest absolute Gasteiger partial charge is 0.243 e. The standard InChI is InChI=1S/C12H17FN2O4S2/c1-8-11(13)5-10(6-12(8)14)21(18,19)15(2)9-3-4-20(16,17)7-9/h5-6,9H,3-4,7,14H2,1-2H3. The second-order valence-electron chi connectivity index (χ2n) is 5.20. The fourth-order valence-corrected chi connectivity index (χ4v) is 5.55. The van der Waals surface area contributed by atoms with Gasteiger partial charge in [-0.15, -0.1) is 0 Å². The van der Waals surface area contributed by atoms with Gasteiger partial charge in [0.2, 0.25) is 10.0 Å². The molecule has 21 heavy (non-hydrogen) atoms. The van der Waals surface area contributed by atoms with Crippen LogP contribution in [0.2, 0.25) is 0 Å². The van der Waals surface area contributed by atoms with Gasteiger partial charge >= 0.3 is 0 Å². The van der Waals surface area contributed by atoms with Gasteiger partial charge in [-0.25, -0.2) is 21.2 Å². The third kappa shape index (κ3) is 3.04. The summed E-state index contributed by atoms with van der Waals surface area (Å²) in [6.45, 7) is 1.45. The van der Waals surface area contributed by atoms with E-state index >= 15 is 0 Å². The number of benzene rings is 1. The normalized spacial score (nSPS) is 21.8. The molecule has 118 valence electrons. The molecule has 6 nitrogen and oxygen atoms in total. The van der Waals surface area contributed by atoms with Gasteiger partial charge in [0.1, 0.15) is 5.82 Å². The summed E-state index contributed by atoms with van der Waals surface area (Å²) in [7, 11) is -5.90. The molecule has 1 heterocycles. The van der Waals surface area contributed by atoms with E-state index in [4.69, 9.17) is 5.73 Å². The summed E-state index contributed by atoms with van der Waals surface area (Å²) in [5, 5.41) is 0. The Hall–Kier alpha value is -1.19. The van der Waals surface area contributed by atoms with Gasteiger partial charge in [-0.1, -0.05) is 0 Å². The highest BCUT2D eigenvalue weighted by atomic mass is 32.2. The number of sulfonamides is 1. The topological polar surface area (TPSA) is 97.5 Å². The minimum Gasteiger partial charge on any atom is -0.398 e. The van der Waals surface area contributed by atoms with Gasteiger partial charge in [0.25, 0.3) is 0 Å². The zero-order valence-corrected chi connectivity index (χ0v) is 13.3. The van der Waals surface area contributed by atoms with Crippen molar-refractivity contribution in [2.24, 2.45) is 0 Å². The van der Waals surface area contributed by atoms with Crippen LogP contribution in [0.3, 0.4) is 0 Å². The van der Waals surface area contributed by atoms with Crippen LogP contribution in [0.5, 0.6) is 0 Å². The van der Waals surface area contributed by atoms with Crippen LogP contribution in [0.25, 0.3) is 0 Å². The molecule has 1 aliphatic rings. The molecule has 2 rings (SSSR count). The van der Waals surface area contributed by atoms with Crippen molar-refractivity contribution >= 4 is 25.5 Å². The first kappa shape index (κ1) is 16.2. The minimum absolute atomic E-state index is 0.0398. The Kier molecular flexibility index (Phi) is 4.02. The predicted molar refractivity (Wildman–Crippen MR) is 77.6 cm³/mol. The van der Waals surface area contributed by atoms with Gasteiger partial charge in [0.15, 0.2) is 9.84 Å². The molecule has 0 aliphatic carbocycles. The number of hydrogen-bond acceptors (Lipinski definition) is 5. The second-order valence-corrected chi connectivity index (χ2v) is 9.42. The van der Waals surface area contributed by atoms with E-state index in [-0.39, 0.29) is 34.1 Å². The Bertz CT molecular complexity index is 751. The minimum atomic E-state index is -3.99. The van der Waals surface area contributed by atoms with Crippen molar-refractivity contribution in [3.63, 3.8) is 0 Å². The van der Waals surface area contributed by atoms with E-state index in [0.29, 0.717) is 0 Å². The van der Waals surface area contributed by atoms with E-state index in [1.54, 1.807) is 0 Å². The predicted octanol–water partition coefficient (Wildman–Crippen LogP) is 0.524. The summed E-state index contributed by atoms with van der Waals surface area (Å²) in [5.41, 5.74) is 5.82. The lowest BCUT2D eigenvalue weighted by Crippen LogP contribution is -2.37. The van der Waals surface area contributed by atoms with Gasteiger partial charge in [-0.3, -0.25) is 0 Å². The third-order valence-electron chi connectivity index (χ3n) is 3.76. The van der Waals surface area contributed by atoms with Gasteiger partial charge in [-0.05, 0) is 25.5 Å².